The highest BCUT2D eigenvalue weighted by molar-refractivity contribution is 7.90. The van der Waals surface area contributed by atoms with Crippen LogP contribution in [0.25, 0.3) is 10.2 Å². The number of benzene rings is 2. The number of carbonyl (C=O) groups is 1. The van der Waals surface area contributed by atoms with Crippen molar-refractivity contribution in [3.05, 3.63) is 53.1 Å². The minimum atomic E-state index is -3.31. The maximum Gasteiger partial charge on any atom is 0.260 e. The molecule has 0 saturated heterocycles. The molecule has 1 amide bonds. The van der Waals surface area contributed by atoms with Crippen LogP contribution in [0.15, 0.2) is 41.3 Å². The molecule has 3 aromatic rings. The van der Waals surface area contributed by atoms with Crippen molar-refractivity contribution in [3.63, 3.8) is 0 Å². The molecule has 162 valence electrons. The van der Waals surface area contributed by atoms with E-state index in [1.54, 1.807) is 17.0 Å². The Morgan fingerprint density at radius 3 is 2.27 bits per heavy atom. The van der Waals surface area contributed by atoms with Crippen LogP contribution in [0.4, 0.5) is 5.13 Å². The van der Waals surface area contributed by atoms with Gasteiger partial charge in [-0.3, -0.25) is 9.69 Å². The van der Waals surface area contributed by atoms with Gasteiger partial charge in [-0.25, -0.2) is 13.4 Å². The van der Waals surface area contributed by atoms with Crippen molar-refractivity contribution >= 4 is 54.8 Å². The molecule has 0 aliphatic heterocycles. The number of amides is 1. The molecular formula is C21H26ClN3O3S2. The van der Waals surface area contributed by atoms with Gasteiger partial charge in [0.15, 0.2) is 15.0 Å². The molecular weight excluding hydrogens is 442 g/mol. The maximum absolute atomic E-state index is 13.3. The second kappa shape index (κ2) is 9.43. The standard InChI is InChI=1S/C21H25N3O3S2.ClH/c1-14-12-15(2)19-18(13-14)22-21(28-19)24(11-10-23(3)4)20(25)16-6-8-17(9-7-16)29(5,26)27;/h6-9,12-13H,10-11H2,1-5H3;1H. The number of hydrogen-bond donors (Lipinski definition) is 0. The van der Waals surface area contributed by atoms with Crippen LogP contribution in [0.2, 0.25) is 0 Å². The number of halogens is 1. The second-order valence-electron chi connectivity index (χ2n) is 7.48. The Morgan fingerprint density at radius 2 is 1.70 bits per heavy atom. The first-order valence-electron chi connectivity index (χ1n) is 9.21. The highest BCUT2D eigenvalue weighted by Gasteiger charge is 2.22. The molecule has 2 aromatic carbocycles. The van der Waals surface area contributed by atoms with E-state index in [0.717, 1.165) is 27.6 Å². The van der Waals surface area contributed by atoms with E-state index in [-0.39, 0.29) is 23.2 Å². The summed E-state index contributed by atoms with van der Waals surface area (Å²) in [4.78, 5) is 21.9. The zero-order valence-corrected chi connectivity index (χ0v) is 20.1. The molecule has 0 bridgehead atoms. The third-order valence-electron chi connectivity index (χ3n) is 4.59. The Balaban J connectivity index is 0.00000320. The van der Waals surface area contributed by atoms with Crippen molar-refractivity contribution in [1.82, 2.24) is 9.88 Å². The molecule has 0 atom stereocenters. The lowest BCUT2D eigenvalue weighted by Gasteiger charge is -2.22. The number of aromatic nitrogens is 1. The Labute approximate surface area is 187 Å². The number of carbonyl (C=O) groups excluding carboxylic acids is 1. The van der Waals surface area contributed by atoms with E-state index in [0.29, 0.717) is 23.8 Å². The zero-order valence-electron chi connectivity index (χ0n) is 17.7. The van der Waals surface area contributed by atoms with Gasteiger partial charge in [-0.05, 0) is 69.4 Å². The fourth-order valence-corrected chi connectivity index (χ4v) is 4.74. The topological polar surface area (TPSA) is 70.6 Å². The van der Waals surface area contributed by atoms with Gasteiger partial charge in [-0.15, -0.1) is 12.4 Å². The molecule has 0 saturated carbocycles. The fourth-order valence-electron chi connectivity index (χ4n) is 3.06. The molecule has 0 aliphatic carbocycles. The average molecular weight is 468 g/mol. The van der Waals surface area contributed by atoms with Crippen LogP contribution in [0.1, 0.15) is 21.5 Å². The van der Waals surface area contributed by atoms with Gasteiger partial charge in [-0.2, -0.15) is 0 Å². The van der Waals surface area contributed by atoms with Crippen molar-refractivity contribution in [2.75, 3.05) is 38.3 Å². The molecule has 0 spiro atoms. The van der Waals surface area contributed by atoms with E-state index in [1.807, 2.05) is 38.9 Å². The molecule has 0 unspecified atom stereocenters. The predicted molar refractivity (Wildman–Crippen MR) is 126 cm³/mol. The van der Waals surface area contributed by atoms with Crippen molar-refractivity contribution in [2.24, 2.45) is 0 Å². The van der Waals surface area contributed by atoms with Gasteiger partial charge in [0.2, 0.25) is 0 Å². The summed E-state index contributed by atoms with van der Waals surface area (Å²) in [6.45, 7) is 5.25. The summed E-state index contributed by atoms with van der Waals surface area (Å²) in [6, 6.07) is 10.2. The van der Waals surface area contributed by atoms with Gasteiger partial charge in [0.1, 0.15) is 0 Å². The van der Waals surface area contributed by atoms with Crippen LogP contribution >= 0.6 is 23.7 Å². The zero-order chi connectivity index (χ0) is 21.3. The summed E-state index contributed by atoms with van der Waals surface area (Å²) in [5.41, 5.74) is 3.59. The Bertz CT molecular complexity index is 1160. The number of likely N-dealkylation sites (N-methyl/N-ethyl adjacent to an activating group) is 1. The molecule has 3 rings (SSSR count). The first-order chi connectivity index (χ1) is 13.6. The van der Waals surface area contributed by atoms with E-state index < -0.39 is 9.84 Å². The number of thiazole rings is 1. The van der Waals surface area contributed by atoms with Gasteiger partial charge < -0.3 is 4.90 Å². The van der Waals surface area contributed by atoms with Gasteiger partial charge in [-0.1, -0.05) is 17.4 Å². The van der Waals surface area contributed by atoms with Crippen LogP contribution in [0, 0.1) is 13.8 Å². The summed E-state index contributed by atoms with van der Waals surface area (Å²) < 4.78 is 24.5. The van der Waals surface area contributed by atoms with Gasteiger partial charge in [0, 0.05) is 24.9 Å². The van der Waals surface area contributed by atoms with Crippen molar-refractivity contribution < 1.29 is 13.2 Å². The normalized spacial score (nSPS) is 11.5. The summed E-state index contributed by atoms with van der Waals surface area (Å²) >= 11 is 1.50. The van der Waals surface area contributed by atoms with Crippen molar-refractivity contribution in [1.29, 1.82) is 0 Å². The lowest BCUT2D eigenvalue weighted by Crippen LogP contribution is -2.36. The summed E-state index contributed by atoms with van der Waals surface area (Å²) in [5.74, 6) is -0.194. The lowest BCUT2D eigenvalue weighted by atomic mass is 10.1. The number of fused-ring (bicyclic) bond motifs is 1. The Kier molecular flexibility index (Phi) is 7.63. The number of nitrogens with zero attached hydrogens (tertiary/aromatic N) is 3. The lowest BCUT2D eigenvalue weighted by molar-refractivity contribution is 0.0985. The van der Waals surface area contributed by atoms with Crippen LogP contribution in [-0.2, 0) is 9.84 Å². The minimum Gasteiger partial charge on any atom is -0.308 e. The highest BCUT2D eigenvalue weighted by Crippen LogP contribution is 2.32. The first kappa shape index (κ1) is 24.3. The van der Waals surface area contributed by atoms with Gasteiger partial charge in [0.05, 0.1) is 15.1 Å². The van der Waals surface area contributed by atoms with E-state index >= 15 is 0 Å². The van der Waals surface area contributed by atoms with Crippen LogP contribution in [0.5, 0.6) is 0 Å². The number of hydrogen-bond acceptors (Lipinski definition) is 6. The molecule has 6 nitrogen and oxygen atoms in total. The minimum absolute atomic E-state index is 0. The Morgan fingerprint density at radius 1 is 1.07 bits per heavy atom. The van der Waals surface area contributed by atoms with Crippen LogP contribution < -0.4 is 4.90 Å². The summed E-state index contributed by atoms with van der Waals surface area (Å²) in [6.07, 6.45) is 1.15. The fraction of sp³-hybridized carbons (Fsp3) is 0.333. The van der Waals surface area contributed by atoms with E-state index in [2.05, 4.69) is 6.07 Å². The SMILES string of the molecule is Cc1cc(C)c2sc(N(CCN(C)C)C(=O)c3ccc(S(C)(=O)=O)cc3)nc2c1.Cl. The quantitative estimate of drug-likeness (QED) is 0.549. The van der Waals surface area contributed by atoms with Crippen molar-refractivity contribution in [2.45, 2.75) is 18.7 Å². The molecule has 1 heterocycles. The highest BCUT2D eigenvalue weighted by atomic mass is 35.5. The predicted octanol–water partition coefficient (Wildman–Crippen LogP) is 3.95. The van der Waals surface area contributed by atoms with Crippen molar-refractivity contribution in [3.8, 4) is 0 Å². The summed E-state index contributed by atoms with van der Waals surface area (Å²) in [7, 11) is 0.600. The first-order valence-corrected chi connectivity index (χ1v) is 11.9. The second-order valence-corrected chi connectivity index (χ2v) is 10.5. The van der Waals surface area contributed by atoms with Crippen LogP contribution in [-0.4, -0.2) is 57.6 Å². The largest absolute Gasteiger partial charge is 0.308 e. The average Bonchev–Trinajstić information content (AvgIpc) is 3.05. The molecule has 0 N–H and O–H groups in total. The molecule has 9 heteroatoms. The monoisotopic (exact) mass is 467 g/mol. The van der Waals surface area contributed by atoms with E-state index in [1.165, 1.54) is 23.5 Å². The molecule has 0 fully saturated rings. The number of sulfone groups is 1. The molecule has 1 aromatic heterocycles. The smallest absolute Gasteiger partial charge is 0.260 e. The van der Waals surface area contributed by atoms with Gasteiger partial charge in [0.25, 0.3) is 5.91 Å². The van der Waals surface area contributed by atoms with E-state index in [4.69, 9.17) is 4.98 Å². The third kappa shape index (κ3) is 5.37. The third-order valence-corrected chi connectivity index (χ3v) is 6.94. The Hall–Kier alpha value is -2.00. The maximum atomic E-state index is 13.3. The van der Waals surface area contributed by atoms with E-state index in [9.17, 15) is 13.2 Å². The van der Waals surface area contributed by atoms with Gasteiger partial charge >= 0.3 is 0 Å². The molecule has 30 heavy (non-hydrogen) atoms. The number of anilines is 1. The summed E-state index contributed by atoms with van der Waals surface area (Å²) in [5, 5.41) is 0.646. The number of rotatable bonds is 6. The number of aryl methyl sites for hydroxylation is 2. The van der Waals surface area contributed by atoms with Crippen LogP contribution in [0.3, 0.4) is 0 Å². The molecule has 0 aliphatic rings. The molecule has 0 radical (unpaired) electrons.